The van der Waals surface area contributed by atoms with E-state index < -0.39 is 11.8 Å². The Hall–Kier alpha value is -1.49. The van der Waals surface area contributed by atoms with Gasteiger partial charge in [0.15, 0.2) is 0 Å². The number of carbonyl (C=O) groups is 1. The molecule has 1 aromatic carbocycles. The maximum absolute atomic E-state index is 13.3. The van der Waals surface area contributed by atoms with Crippen molar-refractivity contribution in [2.45, 2.75) is 0 Å². The lowest BCUT2D eigenvalue weighted by molar-refractivity contribution is 0.0696. The molecule has 0 aliphatic carbocycles. The number of hydrogen-bond acceptors (Lipinski definition) is 2. The number of pyridine rings is 1. The van der Waals surface area contributed by atoms with Gasteiger partial charge in [0.1, 0.15) is 11.3 Å². The number of carboxylic acid groups (broad SMARTS) is 1. The second-order valence-corrected chi connectivity index (χ2v) is 3.81. The highest BCUT2D eigenvalue weighted by molar-refractivity contribution is 9.10. The molecule has 0 atom stereocenters. The van der Waals surface area contributed by atoms with E-state index >= 15 is 0 Å². The number of benzene rings is 1. The van der Waals surface area contributed by atoms with Crippen LogP contribution in [0, 0.1) is 5.82 Å². The van der Waals surface area contributed by atoms with Crippen LogP contribution in [0.15, 0.2) is 28.9 Å². The summed E-state index contributed by atoms with van der Waals surface area (Å²) in [6, 6.07) is 4.18. The van der Waals surface area contributed by atoms with Gasteiger partial charge in [-0.15, -0.1) is 0 Å². The van der Waals surface area contributed by atoms with Gasteiger partial charge in [0.2, 0.25) is 0 Å². The highest BCUT2D eigenvalue weighted by Crippen LogP contribution is 2.25. The first-order chi connectivity index (χ1) is 7.09. The SMILES string of the molecule is O=C(O)c1cnc2c(F)ccc(Br)c2c1. The Labute approximate surface area is 92.7 Å². The van der Waals surface area contributed by atoms with E-state index in [2.05, 4.69) is 20.9 Å². The van der Waals surface area contributed by atoms with E-state index in [4.69, 9.17) is 5.11 Å². The summed E-state index contributed by atoms with van der Waals surface area (Å²) in [4.78, 5) is 14.5. The number of rotatable bonds is 1. The molecule has 0 bridgehead atoms. The van der Waals surface area contributed by atoms with Crippen LogP contribution >= 0.6 is 15.9 Å². The summed E-state index contributed by atoms with van der Waals surface area (Å²) in [5.74, 6) is -1.55. The second kappa shape index (κ2) is 3.58. The first-order valence-corrected chi connectivity index (χ1v) is 4.86. The highest BCUT2D eigenvalue weighted by Gasteiger charge is 2.09. The summed E-state index contributed by atoms with van der Waals surface area (Å²) in [6.07, 6.45) is 1.14. The number of aromatic nitrogens is 1. The Morgan fingerprint density at radius 2 is 2.20 bits per heavy atom. The van der Waals surface area contributed by atoms with Crippen LogP contribution in [0.5, 0.6) is 0 Å². The normalized spacial score (nSPS) is 10.5. The smallest absolute Gasteiger partial charge is 0.337 e. The minimum atomic E-state index is -1.08. The number of fused-ring (bicyclic) bond motifs is 1. The molecule has 0 radical (unpaired) electrons. The Kier molecular flexibility index (Phi) is 2.40. The third kappa shape index (κ3) is 1.70. The van der Waals surface area contributed by atoms with E-state index in [9.17, 15) is 9.18 Å². The van der Waals surface area contributed by atoms with E-state index in [0.717, 1.165) is 6.20 Å². The number of halogens is 2. The van der Waals surface area contributed by atoms with Gasteiger partial charge >= 0.3 is 5.97 Å². The van der Waals surface area contributed by atoms with Gasteiger partial charge in [-0.05, 0) is 18.2 Å². The number of aromatic carboxylic acids is 1. The molecule has 1 aromatic heterocycles. The highest BCUT2D eigenvalue weighted by atomic mass is 79.9. The lowest BCUT2D eigenvalue weighted by Crippen LogP contribution is -1.98. The molecule has 2 aromatic rings. The minimum absolute atomic E-state index is 0.0359. The average Bonchev–Trinajstić information content (AvgIpc) is 2.23. The molecular weight excluding hydrogens is 265 g/mol. The molecule has 0 unspecified atom stereocenters. The van der Waals surface area contributed by atoms with Gasteiger partial charge in [-0.2, -0.15) is 0 Å². The largest absolute Gasteiger partial charge is 0.478 e. The summed E-state index contributed by atoms with van der Waals surface area (Å²) >= 11 is 3.21. The first-order valence-electron chi connectivity index (χ1n) is 4.06. The first kappa shape index (κ1) is 10.0. The van der Waals surface area contributed by atoms with Crippen LogP contribution in [0.3, 0.4) is 0 Å². The zero-order chi connectivity index (χ0) is 11.0. The van der Waals surface area contributed by atoms with Crippen molar-refractivity contribution in [3.05, 3.63) is 40.2 Å². The van der Waals surface area contributed by atoms with E-state index in [-0.39, 0.29) is 11.1 Å². The molecule has 5 heteroatoms. The van der Waals surface area contributed by atoms with Gasteiger partial charge < -0.3 is 5.11 Å². The molecule has 0 aliphatic heterocycles. The Bertz CT molecular complexity index is 556. The monoisotopic (exact) mass is 269 g/mol. The van der Waals surface area contributed by atoms with Gasteiger partial charge in [0, 0.05) is 16.1 Å². The van der Waals surface area contributed by atoms with Gasteiger partial charge in [0.05, 0.1) is 5.56 Å². The Morgan fingerprint density at radius 1 is 1.47 bits per heavy atom. The second-order valence-electron chi connectivity index (χ2n) is 2.95. The molecule has 1 N–H and O–H groups in total. The third-order valence-corrected chi connectivity index (χ3v) is 2.69. The van der Waals surface area contributed by atoms with E-state index in [1.807, 2.05) is 0 Å². The fourth-order valence-electron chi connectivity index (χ4n) is 1.27. The fourth-order valence-corrected chi connectivity index (χ4v) is 1.70. The molecule has 0 spiro atoms. The number of hydrogen-bond donors (Lipinski definition) is 1. The predicted octanol–water partition coefficient (Wildman–Crippen LogP) is 2.83. The zero-order valence-corrected chi connectivity index (χ0v) is 8.95. The zero-order valence-electron chi connectivity index (χ0n) is 7.37. The predicted molar refractivity (Wildman–Crippen MR) is 56.4 cm³/mol. The molecule has 2 rings (SSSR count). The quantitative estimate of drug-likeness (QED) is 0.866. The summed E-state index contributed by atoms with van der Waals surface area (Å²) < 4.78 is 13.9. The molecule has 15 heavy (non-hydrogen) atoms. The standard InChI is InChI=1S/C10H5BrFNO2/c11-7-1-2-8(12)9-6(7)3-5(4-13-9)10(14)15/h1-4H,(H,14,15). The summed E-state index contributed by atoms with van der Waals surface area (Å²) in [7, 11) is 0. The minimum Gasteiger partial charge on any atom is -0.478 e. The number of carboxylic acids is 1. The lowest BCUT2D eigenvalue weighted by atomic mass is 10.1. The van der Waals surface area contributed by atoms with Crippen LogP contribution < -0.4 is 0 Å². The third-order valence-electron chi connectivity index (χ3n) is 1.99. The average molecular weight is 270 g/mol. The Morgan fingerprint density at radius 3 is 2.87 bits per heavy atom. The number of nitrogens with zero attached hydrogens (tertiary/aromatic N) is 1. The van der Waals surface area contributed by atoms with Crippen LogP contribution in [0.4, 0.5) is 4.39 Å². The summed E-state index contributed by atoms with van der Waals surface area (Å²) in [6.45, 7) is 0. The molecule has 76 valence electrons. The van der Waals surface area contributed by atoms with Crippen molar-refractivity contribution in [2.24, 2.45) is 0 Å². The fraction of sp³-hybridized carbons (Fsp3) is 0. The van der Waals surface area contributed by atoms with Crippen molar-refractivity contribution in [3.8, 4) is 0 Å². The van der Waals surface area contributed by atoms with Crippen LogP contribution in [-0.2, 0) is 0 Å². The van der Waals surface area contributed by atoms with Crippen LogP contribution in [-0.4, -0.2) is 16.1 Å². The molecule has 0 aliphatic rings. The van der Waals surface area contributed by atoms with Crippen LogP contribution in [0.1, 0.15) is 10.4 Å². The van der Waals surface area contributed by atoms with E-state index in [0.29, 0.717) is 9.86 Å². The van der Waals surface area contributed by atoms with Crippen molar-refractivity contribution in [2.75, 3.05) is 0 Å². The van der Waals surface area contributed by atoms with Crippen molar-refractivity contribution in [1.82, 2.24) is 4.98 Å². The Balaban J connectivity index is 2.81. The van der Waals surface area contributed by atoms with Gasteiger partial charge in [0.25, 0.3) is 0 Å². The summed E-state index contributed by atoms with van der Waals surface area (Å²) in [5, 5.41) is 9.21. The molecule has 0 amide bonds. The maximum atomic E-state index is 13.3. The van der Waals surface area contributed by atoms with Gasteiger partial charge in [-0.3, -0.25) is 4.98 Å². The molecule has 1 heterocycles. The maximum Gasteiger partial charge on any atom is 0.337 e. The van der Waals surface area contributed by atoms with Gasteiger partial charge in [-0.1, -0.05) is 15.9 Å². The molecule has 3 nitrogen and oxygen atoms in total. The van der Waals surface area contributed by atoms with E-state index in [1.54, 1.807) is 0 Å². The topological polar surface area (TPSA) is 50.2 Å². The van der Waals surface area contributed by atoms with Crippen LogP contribution in [0.25, 0.3) is 10.9 Å². The van der Waals surface area contributed by atoms with Crippen LogP contribution in [0.2, 0.25) is 0 Å². The van der Waals surface area contributed by atoms with Gasteiger partial charge in [-0.25, -0.2) is 9.18 Å². The lowest BCUT2D eigenvalue weighted by Gasteiger charge is -2.02. The van der Waals surface area contributed by atoms with Crippen molar-refractivity contribution in [3.63, 3.8) is 0 Å². The summed E-state index contributed by atoms with van der Waals surface area (Å²) in [5.41, 5.74) is 0.197. The molecule has 0 saturated heterocycles. The molecule has 0 fully saturated rings. The van der Waals surface area contributed by atoms with Crippen molar-refractivity contribution < 1.29 is 14.3 Å². The van der Waals surface area contributed by atoms with Crippen molar-refractivity contribution in [1.29, 1.82) is 0 Å². The molecular formula is C10H5BrFNO2. The van der Waals surface area contributed by atoms with E-state index in [1.165, 1.54) is 18.2 Å². The molecule has 0 saturated carbocycles. The van der Waals surface area contributed by atoms with Crippen molar-refractivity contribution >= 4 is 32.8 Å².